The van der Waals surface area contributed by atoms with Crippen molar-refractivity contribution in [3.05, 3.63) is 106 Å². The number of esters is 1. The SMILES string of the molecule is C[C@@H]1[C@H](CN2CCC[C@H]2C(=O)OC(C)(C)C)O[C@H](c2ccc(CN3C(=O)c4ccccc4C3=O)cc2)O[C@@H]1c1ccc(CO)cc1. The number of fused-ring (bicyclic) bond motifs is 1. The highest BCUT2D eigenvalue weighted by Gasteiger charge is 2.42. The second-order valence-corrected chi connectivity index (χ2v) is 13.5. The molecule has 0 aliphatic carbocycles. The first-order valence-corrected chi connectivity index (χ1v) is 16.0. The predicted octanol–water partition coefficient (Wildman–Crippen LogP) is 5.57. The quantitative estimate of drug-likeness (QED) is 0.256. The lowest BCUT2D eigenvalue weighted by Crippen LogP contribution is -2.48. The predicted molar refractivity (Wildman–Crippen MR) is 170 cm³/mol. The van der Waals surface area contributed by atoms with Crippen molar-refractivity contribution in [2.24, 2.45) is 5.92 Å². The maximum absolute atomic E-state index is 13.1. The van der Waals surface area contributed by atoms with E-state index in [2.05, 4.69) is 11.8 Å². The molecule has 242 valence electrons. The number of aliphatic hydroxyl groups excluding tert-OH is 1. The lowest BCUT2D eigenvalue weighted by Gasteiger charge is -2.43. The average molecular weight is 627 g/mol. The van der Waals surface area contributed by atoms with E-state index < -0.39 is 11.9 Å². The lowest BCUT2D eigenvalue weighted by molar-refractivity contribution is -0.276. The molecule has 2 amide bonds. The smallest absolute Gasteiger partial charge is 0.323 e. The van der Waals surface area contributed by atoms with Gasteiger partial charge in [0.05, 0.1) is 36.5 Å². The zero-order chi connectivity index (χ0) is 32.6. The van der Waals surface area contributed by atoms with Crippen LogP contribution in [0.2, 0.25) is 0 Å². The molecular formula is C37H42N2O7. The molecule has 1 N–H and O–H groups in total. The van der Waals surface area contributed by atoms with E-state index in [9.17, 15) is 19.5 Å². The molecule has 3 aliphatic rings. The molecule has 46 heavy (non-hydrogen) atoms. The van der Waals surface area contributed by atoms with Crippen LogP contribution >= 0.6 is 0 Å². The van der Waals surface area contributed by atoms with Crippen LogP contribution in [0.25, 0.3) is 0 Å². The Bertz CT molecular complexity index is 1550. The molecule has 0 saturated carbocycles. The highest BCUT2D eigenvalue weighted by Crippen LogP contribution is 2.42. The molecule has 9 heteroatoms. The number of carbonyl (C=O) groups is 3. The number of imide groups is 1. The fourth-order valence-electron chi connectivity index (χ4n) is 6.59. The molecule has 0 spiro atoms. The summed E-state index contributed by atoms with van der Waals surface area (Å²) in [6.45, 7) is 9.22. The first kappa shape index (κ1) is 32.1. The molecule has 3 aromatic rings. The summed E-state index contributed by atoms with van der Waals surface area (Å²) >= 11 is 0. The minimum absolute atomic E-state index is 0.0378. The maximum Gasteiger partial charge on any atom is 0.323 e. The van der Waals surface area contributed by atoms with Gasteiger partial charge in [-0.3, -0.25) is 24.2 Å². The molecule has 0 aromatic heterocycles. The van der Waals surface area contributed by atoms with Crippen LogP contribution in [0, 0.1) is 5.92 Å². The fraction of sp³-hybridized carbons (Fsp3) is 0.432. The molecule has 3 aromatic carbocycles. The van der Waals surface area contributed by atoms with Gasteiger partial charge in [-0.1, -0.05) is 67.6 Å². The average Bonchev–Trinajstić information content (AvgIpc) is 3.60. The summed E-state index contributed by atoms with van der Waals surface area (Å²) in [5, 5.41) is 9.58. The van der Waals surface area contributed by atoms with Gasteiger partial charge in [-0.05, 0) is 69.0 Å². The van der Waals surface area contributed by atoms with Crippen molar-refractivity contribution in [2.75, 3.05) is 13.1 Å². The van der Waals surface area contributed by atoms with Gasteiger partial charge in [-0.15, -0.1) is 0 Å². The van der Waals surface area contributed by atoms with Crippen molar-refractivity contribution in [3.63, 3.8) is 0 Å². The van der Waals surface area contributed by atoms with E-state index in [1.807, 2.05) is 69.3 Å². The molecule has 3 aliphatic heterocycles. The van der Waals surface area contributed by atoms with Crippen molar-refractivity contribution in [3.8, 4) is 0 Å². The highest BCUT2D eigenvalue weighted by molar-refractivity contribution is 6.21. The maximum atomic E-state index is 13.1. The van der Waals surface area contributed by atoms with Crippen molar-refractivity contribution < 1.29 is 33.7 Å². The van der Waals surface area contributed by atoms with E-state index in [0.717, 1.165) is 41.6 Å². The largest absolute Gasteiger partial charge is 0.459 e. The third-order valence-corrected chi connectivity index (χ3v) is 9.05. The van der Waals surface area contributed by atoms with Crippen LogP contribution in [0.1, 0.15) is 95.9 Å². The van der Waals surface area contributed by atoms with E-state index in [1.54, 1.807) is 24.3 Å². The van der Waals surface area contributed by atoms with Gasteiger partial charge in [0.25, 0.3) is 11.8 Å². The van der Waals surface area contributed by atoms with E-state index in [4.69, 9.17) is 14.2 Å². The molecule has 0 radical (unpaired) electrons. The number of aliphatic hydroxyl groups is 1. The third kappa shape index (κ3) is 6.64. The Morgan fingerprint density at radius 3 is 2.11 bits per heavy atom. The summed E-state index contributed by atoms with van der Waals surface area (Å²) in [5.74, 6) is -0.820. The number of hydrogen-bond acceptors (Lipinski definition) is 8. The number of benzene rings is 3. The van der Waals surface area contributed by atoms with Gasteiger partial charge in [0.2, 0.25) is 0 Å². The van der Waals surface area contributed by atoms with Gasteiger partial charge < -0.3 is 19.3 Å². The minimum Gasteiger partial charge on any atom is -0.459 e. The van der Waals surface area contributed by atoms with Gasteiger partial charge >= 0.3 is 5.97 Å². The molecular weight excluding hydrogens is 584 g/mol. The van der Waals surface area contributed by atoms with Gasteiger partial charge in [0.15, 0.2) is 6.29 Å². The second-order valence-electron chi connectivity index (χ2n) is 13.5. The van der Waals surface area contributed by atoms with Gasteiger partial charge in [-0.25, -0.2) is 0 Å². The van der Waals surface area contributed by atoms with Crippen molar-refractivity contribution in [1.29, 1.82) is 0 Å². The van der Waals surface area contributed by atoms with Crippen LogP contribution in [-0.4, -0.2) is 63.5 Å². The Morgan fingerprint density at radius 2 is 1.50 bits per heavy atom. The number of carbonyl (C=O) groups excluding carboxylic acids is 3. The first-order valence-electron chi connectivity index (χ1n) is 16.0. The van der Waals surface area contributed by atoms with Crippen LogP contribution in [0.3, 0.4) is 0 Å². The second kappa shape index (κ2) is 13.1. The fourth-order valence-corrected chi connectivity index (χ4v) is 6.59. The zero-order valence-corrected chi connectivity index (χ0v) is 26.8. The summed E-state index contributed by atoms with van der Waals surface area (Å²) in [6.07, 6.45) is 0.432. The molecule has 6 rings (SSSR count). The van der Waals surface area contributed by atoms with Gasteiger partial charge in [0.1, 0.15) is 11.6 Å². The number of likely N-dealkylation sites (tertiary alicyclic amines) is 1. The Balaban J connectivity index is 1.21. The van der Waals surface area contributed by atoms with Gasteiger partial charge in [-0.2, -0.15) is 0 Å². The molecule has 3 heterocycles. The number of hydrogen-bond donors (Lipinski definition) is 1. The number of nitrogens with zero attached hydrogens (tertiary/aromatic N) is 2. The molecule has 2 fully saturated rings. The summed E-state index contributed by atoms with van der Waals surface area (Å²) in [5.41, 5.74) is 3.72. The Kier molecular flexibility index (Phi) is 9.12. The van der Waals surface area contributed by atoms with Crippen LogP contribution in [0.4, 0.5) is 0 Å². The monoisotopic (exact) mass is 626 g/mol. The number of amides is 2. The Labute approximate surface area is 270 Å². The zero-order valence-electron chi connectivity index (χ0n) is 26.8. The molecule has 2 saturated heterocycles. The summed E-state index contributed by atoms with van der Waals surface area (Å²) in [6, 6.07) is 21.9. The standard InChI is InChI=1S/C37H42N2O7/c1-23-31(21-38-19-7-10-30(38)35(43)46-37(2,3)4)44-36(45-32(23)26-15-13-25(22-40)14-16-26)27-17-11-24(12-18-27)20-39-33(41)28-8-5-6-9-29(28)34(39)42/h5-6,8-9,11-18,23,30-32,36,40H,7,10,19-22H2,1-4H3/t23-,30+,31+,32+,36+/m1/s1. The normalized spacial score (nSPS) is 25.2. The van der Waals surface area contributed by atoms with E-state index in [0.29, 0.717) is 17.7 Å². The Hall–Kier alpha value is -3.89. The summed E-state index contributed by atoms with van der Waals surface area (Å²) in [7, 11) is 0. The van der Waals surface area contributed by atoms with Crippen LogP contribution in [0.5, 0.6) is 0 Å². The lowest BCUT2D eigenvalue weighted by atomic mass is 9.90. The van der Waals surface area contributed by atoms with Crippen molar-refractivity contribution in [2.45, 2.75) is 83.8 Å². The molecule has 9 nitrogen and oxygen atoms in total. The highest BCUT2D eigenvalue weighted by atomic mass is 16.7. The topological polar surface area (TPSA) is 106 Å². The molecule has 5 atom stereocenters. The number of rotatable bonds is 8. The van der Waals surface area contributed by atoms with Gasteiger partial charge in [0, 0.05) is 18.0 Å². The van der Waals surface area contributed by atoms with Crippen LogP contribution in [-0.2, 0) is 32.2 Å². The van der Waals surface area contributed by atoms with E-state index in [-0.39, 0.29) is 55.1 Å². The minimum atomic E-state index is -0.681. The molecule has 0 unspecified atom stereocenters. The van der Waals surface area contributed by atoms with Crippen LogP contribution in [0.15, 0.2) is 72.8 Å². The van der Waals surface area contributed by atoms with Crippen molar-refractivity contribution >= 4 is 17.8 Å². The van der Waals surface area contributed by atoms with E-state index in [1.165, 1.54) is 4.90 Å². The summed E-state index contributed by atoms with van der Waals surface area (Å²) in [4.78, 5) is 42.3. The number of ether oxygens (including phenoxy) is 3. The van der Waals surface area contributed by atoms with Crippen molar-refractivity contribution in [1.82, 2.24) is 9.80 Å². The first-order chi connectivity index (χ1) is 22.0. The van der Waals surface area contributed by atoms with E-state index >= 15 is 0 Å². The Morgan fingerprint density at radius 1 is 0.891 bits per heavy atom. The van der Waals surface area contributed by atoms with Crippen LogP contribution < -0.4 is 0 Å². The molecule has 0 bridgehead atoms. The third-order valence-electron chi connectivity index (χ3n) is 9.05. The summed E-state index contributed by atoms with van der Waals surface area (Å²) < 4.78 is 19.0.